The van der Waals surface area contributed by atoms with E-state index >= 15 is 0 Å². The summed E-state index contributed by atoms with van der Waals surface area (Å²) in [6, 6.07) is 16.3. The van der Waals surface area contributed by atoms with Gasteiger partial charge in [0.15, 0.2) is 5.16 Å². The monoisotopic (exact) mass is 423 g/mol. The Morgan fingerprint density at radius 1 is 1.13 bits per heavy atom. The SMILES string of the molecule is COC(=O)C1CCN(C(=O)CSc2nc3ccccc3n2-c2cccc(C)c2)CC1. The number of carbonyl (C=O) groups is 2. The molecule has 0 bridgehead atoms. The number of amides is 1. The van der Waals surface area contributed by atoms with Crippen molar-refractivity contribution >= 4 is 34.7 Å². The summed E-state index contributed by atoms with van der Waals surface area (Å²) in [6.07, 6.45) is 1.32. The summed E-state index contributed by atoms with van der Waals surface area (Å²) in [7, 11) is 1.41. The summed E-state index contributed by atoms with van der Waals surface area (Å²) in [5.41, 5.74) is 4.15. The zero-order chi connectivity index (χ0) is 21.1. The highest BCUT2D eigenvalue weighted by Crippen LogP contribution is 2.29. The fourth-order valence-electron chi connectivity index (χ4n) is 3.87. The average molecular weight is 424 g/mol. The third kappa shape index (κ3) is 4.21. The van der Waals surface area contributed by atoms with Crippen molar-refractivity contribution in [2.24, 2.45) is 5.92 Å². The van der Waals surface area contributed by atoms with Gasteiger partial charge in [-0.05, 0) is 49.6 Å². The van der Waals surface area contributed by atoms with Crippen LogP contribution in [0, 0.1) is 12.8 Å². The van der Waals surface area contributed by atoms with E-state index in [0.29, 0.717) is 31.7 Å². The lowest BCUT2D eigenvalue weighted by Crippen LogP contribution is -2.41. The average Bonchev–Trinajstić information content (AvgIpc) is 3.15. The first kappa shape index (κ1) is 20.5. The minimum atomic E-state index is -0.177. The van der Waals surface area contributed by atoms with Crippen LogP contribution in [0.5, 0.6) is 0 Å². The summed E-state index contributed by atoms with van der Waals surface area (Å²) < 4.78 is 6.94. The highest BCUT2D eigenvalue weighted by atomic mass is 32.2. The minimum absolute atomic E-state index is 0.0752. The highest BCUT2D eigenvalue weighted by Gasteiger charge is 2.28. The Bertz CT molecular complexity index is 1070. The minimum Gasteiger partial charge on any atom is -0.469 e. The van der Waals surface area contributed by atoms with Crippen LogP contribution in [0.4, 0.5) is 0 Å². The van der Waals surface area contributed by atoms with Gasteiger partial charge in [0.05, 0.1) is 29.8 Å². The molecule has 1 aromatic heterocycles. The number of likely N-dealkylation sites (tertiary alicyclic amines) is 1. The molecule has 156 valence electrons. The van der Waals surface area contributed by atoms with E-state index in [1.165, 1.54) is 24.4 Å². The predicted molar refractivity (Wildman–Crippen MR) is 118 cm³/mol. The largest absolute Gasteiger partial charge is 0.469 e. The summed E-state index contributed by atoms with van der Waals surface area (Å²) in [6.45, 7) is 3.25. The van der Waals surface area contributed by atoms with Gasteiger partial charge in [0, 0.05) is 18.8 Å². The molecular formula is C23H25N3O3S. The second kappa shape index (κ2) is 8.92. The number of hydrogen-bond acceptors (Lipinski definition) is 5. The Kier molecular flexibility index (Phi) is 6.08. The Hall–Kier alpha value is -2.80. The van der Waals surface area contributed by atoms with Crippen molar-refractivity contribution in [2.75, 3.05) is 26.0 Å². The smallest absolute Gasteiger partial charge is 0.308 e. The van der Waals surface area contributed by atoms with Gasteiger partial charge in [-0.1, -0.05) is 36.0 Å². The Labute approximate surface area is 180 Å². The number of ether oxygens (including phenoxy) is 1. The van der Waals surface area contributed by atoms with Crippen LogP contribution >= 0.6 is 11.8 Å². The van der Waals surface area contributed by atoms with E-state index in [0.717, 1.165) is 21.9 Å². The molecule has 0 saturated carbocycles. The third-order valence-electron chi connectivity index (χ3n) is 5.50. The number of carbonyl (C=O) groups excluding carboxylic acids is 2. The fourth-order valence-corrected chi connectivity index (χ4v) is 4.80. The van der Waals surface area contributed by atoms with E-state index in [9.17, 15) is 9.59 Å². The highest BCUT2D eigenvalue weighted by molar-refractivity contribution is 7.99. The number of methoxy groups -OCH3 is 1. The Balaban J connectivity index is 1.50. The van der Waals surface area contributed by atoms with Crippen molar-refractivity contribution in [1.82, 2.24) is 14.5 Å². The molecule has 0 atom stereocenters. The van der Waals surface area contributed by atoms with Crippen LogP contribution < -0.4 is 0 Å². The van der Waals surface area contributed by atoms with E-state index in [-0.39, 0.29) is 17.8 Å². The molecule has 0 unspecified atom stereocenters. The van der Waals surface area contributed by atoms with Gasteiger partial charge in [0.25, 0.3) is 0 Å². The van der Waals surface area contributed by atoms with Gasteiger partial charge in [-0.3, -0.25) is 14.2 Å². The molecule has 0 aliphatic carbocycles. The maximum absolute atomic E-state index is 12.8. The number of fused-ring (bicyclic) bond motifs is 1. The third-order valence-corrected chi connectivity index (χ3v) is 6.42. The predicted octanol–water partition coefficient (Wildman–Crippen LogP) is 3.84. The van der Waals surface area contributed by atoms with Crippen LogP contribution in [-0.2, 0) is 14.3 Å². The van der Waals surface area contributed by atoms with Gasteiger partial charge in [0.2, 0.25) is 5.91 Å². The lowest BCUT2D eigenvalue weighted by Gasteiger charge is -2.30. The first-order chi connectivity index (χ1) is 14.6. The van der Waals surface area contributed by atoms with Crippen molar-refractivity contribution in [3.63, 3.8) is 0 Å². The van der Waals surface area contributed by atoms with Gasteiger partial charge in [0.1, 0.15) is 0 Å². The number of imidazole rings is 1. The molecule has 1 aliphatic heterocycles. The summed E-state index contributed by atoms with van der Waals surface area (Å²) in [5, 5.41) is 0.805. The molecule has 6 nitrogen and oxygen atoms in total. The van der Waals surface area contributed by atoms with Crippen molar-refractivity contribution in [1.29, 1.82) is 0 Å². The number of esters is 1. The van der Waals surface area contributed by atoms with Gasteiger partial charge >= 0.3 is 5.97 Å². The zero-order valence-corrected chi connectivity index (χ0v) is 18.0. The molecule has 4 rings (SSSR count). The standard InChI is InChI=1S/C23H25N3O3S/c1-16-6-5-7-18(14-16)26-20-9-4-3-8-19(20)24-23(26)30-15-21(27)25-12-10-17(11-13-25)22(28)29-2/h3-9,14,17H,10-13,15H2,1-2H3. The molecule has 2 aromatic carbocycles. The van der Waals surface area contributed by atoms with Crippen molar-refractivity contribution in [2.45, 2.75) is 24.9 Å². The second-order valence-corrected chi connectivity index (χ2v) is 8.47. The Morgan fingerprint density at radius 3 is 2.63 bits per heavy atom. The van der Waals surface area contributed by atoms with E-state index in [1.54, 1.807) is 0 Å². The summed E-state index contributed by atoms with van der Waals surface area (Å²) in [4.78, 5) is 31.1. The normalized spacial score (nSPS) is 14.8. The van der Waals surface area contributed by atoms with Crippen LogP contribution in [0.3, 0.4) is 0 Å². The zero-order valence-electron chi connectivity index (χ0n) is 17.2. The van der Waals surface area contributed by atoms with Crippen LogP contribution in [0.15, 0.2) is 53.7 Å². The van der Waals surface area contributed by atoms with Gasteiger partial charge in [-0.15, -0.1) is 0 Å². The van der Waals surface area contributed by atoms with Crippen molar-refractivity contribution in [3.05, 3.63) is 54.1 Å². The van der Waals surface area contributed by atoms with Crippen LogP contribution in [-0.4, -0.2) is 52.3 Å². The van der Waals surface area contributed by atoms with Gasteiger partial charge in [-0.25, -0.2) is 4.98 Å². The quantitative estimate of drug-likeness (QED) is 0.461. The molecule has 1 aliphatic rings. The molecule has 1 fully saturated rings. The van der Waals surface area contributed by atoms with E-state index in [4.69, 9.17) is 9.72 Å². The van der Waals surface area contributed by atoms with Crippen molar-refractivity contribution < 1.29 is 14.3 Å². The number of benzene rings is 2. The first-order valence-corrected chi connectivity index (χ1v) is 11.1. The summed E-state index contributed by atoms with van der Waals surface area (Å²) in [5.74, 6) is 0.115. The van der Waals surface area contributed by atoms with Crippen LogP contribution in [0.1, 0.15) is 18.4 Å². The number of rotatable bonds is 5. The lowest BCUT2D eigenvalue weighted by molar-refractivity contribution is -0.148. The maximum atomic E-state index is 12.8. The second-order valence-electron chi connectivity index (χ2n) is 7.52. The number of hydrogen-bond donors (Lipinski definition) is 0. The molecule has 3 aromatic rings. The number of nitrogens with zero attached hydrogens (tertiary/aromatic N) is 3. The number of piperidine rings is 1. The molecule has 7 heteroatoms. The van der Waals surface area contributed by atoms with Gasteiger partial charge in [-0.2, -0.15) is 0 Å². The van der Waals surface area contributed by atoms with E-state index in [1.807, 2.05) is 35.2 Å². The van der Waals surface area contributed by atoms with E-state index in [2.05, 4.69) is 29.7 Å². The Morgan fingerprint density at radius 2 is 1.90 bits per heavy atom. The number of thioether (sulfide) groups is 1. The van der Waals surface area contributed by atoms with Crippen molar-refractivity contribution in [3.8, 4) is 5.69 Å². The number of aromatic nitrogens is 2. The summed E-state index contributed by atoms with van der Waals surface area (Å²) >= 11 is 1.46. The van der Waals surface area contributed by atoms with Gasteiger partial charge < -0.3 is 9.64 Å². The van der Waals surface area contributed by atoms with Crippen LogP contribution in [0.25, 0.3) is 16.7 Å². The molecule has 1 saturated heterocycles. The van der Waals surface area contributed by atoms with Crippen LogP contribution in [0.2, 0.25) is 0 Å². The van der Waals surface area contributed by atoms with E-state index < -0.39 is 0 Å². The molecule has 0 N–H and O–H groups in total. The number of aryl methyl sites for hydroxylation is 1. The molecule has 0 radical (unpaired) electrons. The molecule has 30 heavy (non-hydrogen) atoms. The molecular weight excluding hydrogens is 398 g/mol. The lowest BCUT2D eigenvalue weighted by atomic mass is 9.97. The molecule has 1 amide bonds. The fraction of sp³-hybridized carbons (Fsp3) is 0.348. The molecule has 0 spiro atoms. The first-order valence-electron chi connectivity index (χ1n) is 10.1. The number of para-hydroxylation sites is 2. The topological polar surface area (TPSA) is 64.4 Å². The maximum Gasteiger partial charge on any atom is 0.308 e. The molecule has 2 heterocycles.